The molecule has 2 N–H and O–H groups in total. The minimum atomic E-state index is 0.480. The molecule has 5 rings (SSSR count). The topological polar surface area (TPSA) is 62.3 Å². The standard InChI is InChI=1S/C18H19N5S/c24-18-22-21-17(23(18)16-9-11-6-7-13(16)8-11)15-10-14(19-20-15)12-4-2-1-3-5-12/h1-5,10-11,13,16H,6-9H2,(H,19,20)(H,22,24)/t11-,13-,16-/m1/s1. The first-order chi connectivity index (χ1) is 11.8. The lowest BCUT2D eigenvalue weighted by Crippen LogP contribution is -2.17. The molecule has 6 heteroatoms. The van der Waals surface area contributed by atoms with Crippen molar-refractivity contribution in [3.63, 3.8) is 0 Å². The van der Waals surface area contributed by atoms with Crippen LogP contribution in [0.2, 0.25) is 0 Å². The minimum Gasteiger partial charge on any atom is -0.295 e. The highest BCUT2D eigenvalue weighted by molar-refractivity contribution is 7.71. The molecule has 1 aromatic carbocycles. The number of fused-ring (bicyclic) bond motifs is 2. The van der Waals surface area contributed by atoms with Gasteiger partial charge in [-0.3, -0.25) is 14.8 Å². The van der Waals surface area contributed by atoms with Crippen LogP contribution in [0.5, 0.6) is 0 Å². The summed E-state index contributed by atoms with van der Waals surface area (Å²) in [6, 6.07) is 12.7. The summed E-state index contributed by atoms with van der Waals surface area (Å²) in [6.07, 6.45) is 5.27. The maximum Gasteiger partial charge on any atom is 0.195 e. The van der Waals surface area contributed by atoms with Gasteiger partial charge in [-0.05, 0) is 49.4 Å². The Labute approximate surface area is 145 Å². The Bertz CT molecular complexity index is 922. The van der Waals surface area contributed by atoms with E-state index in [4.69, 9.17) is 12.2 Å². The van der Waals surface area contributed by atoms with Gasteiger partial charge in [0.05, 0.1) is 5.69 Å². The van der Waals surface area contributed by atoms with E-state index in [-0.39, 0.29) is 0 Å². The van der Waals surface area contributed by atoms with E-state index in [1.807, 2.05) is 18.2 Å². The van der Waals surface area contributed by atoms with Crippen LogP contribution in [-0.4, -0.2) is 25.0 Å². The van der Waals surface area contributed by atoms with Crippen LogP contribution in [0.4, 0.5) is 0 Å². The van der Waals surface area contributed by atoms with E-state index < -0.39 is 0 Å². The summed E-state index contributed by atoms with van der Waals surface area (Å²) in [4.78, 5) is 0. The van der Waals surface area contributed by atoms with Crippen molar-refractivity contribution < 1.29 is 0 Å². The molecular weight excluding hydrogens is 318 g/mol. The van der Waals surface area contributed by atoms with Gasteiger partial charge in [0.25, 0.3) is 0 Å². The highest BCUT2D eigenvalue weighted by atomic mass is 32.1. The number of benzene rings is 1. The second kappa shape index (κ2) is 5.41. The quantitative estimate of drug-likeness (QED) is 0.698. The van der Waals surface area contributed by atoms with Gasteiger partial charge in [0.1, 0.15) is 5.69 Å². The number of aromatic nitrogens is 5. The number of nitrogens with one attached hydrogen (secondary N) is 2. The zero-order chi connectivity index (χ0) is 16.1. The van der Waals surface area contributed by atoms with E-state index in [9.17, 15) is 0 Å². The Hall–Kier alpha value is -2.21. The Morgan fingerprint density at radius 2 is 1.92 bits per heavy atom. The van der Waals surface area contributed by atoms with Gasteiger partial charge in [-0.1, -0.05) is 36.8 Å². The number of hydrogen-bond acceptors (Lipinski definition) is 3. The van der Waals surface area contributed by atoms with Gasteiger partial charge in [0, 0.05) is 11.6 Å². The van der Waals surface area contributed by atoms with Gasteiger partial charge in [-0.2, -0.15) is 10.2 Å². The van der Waals surface area contributed by atoms with Crippen molar-refractivity contribution in [2.45, 2.75) is 31.7 Å². The molecule has 5 nitrogen and oxygen atoms in total. The zero-order valence-electron chi connectivity index (χ0n) is 13.3. The monoisotopic (exact) mass is 337 g/mol. The van der Waals surface area contributed by atoms with Crippen molar-refractivity contribution in [3.05, 3.63) is 41.2 Å². The van der Waals surface area contributed by atoms with E-state index >= 15 is 0 Å². The van der Waals surface area contributed by atoms with Gasteiger partial charge < -0.3 is 0 Å². The average Bonchev–Trinajstić information content (AvgIpc) is 3.38. The predicted octanol–water partition coefficient (Wildman–Crippen LogP) is 4.36. The van der Waals surface area contributed by atoms with Crippen molar-refractivity contribution in [3.8, 4) is 22.8 Å². The summed E-state index contributed by atoms with van der Waals surface area (Å²) in [5, 5.41) is 15.1. The molecule has 2 aliphatic rings. The molecular formula is C18H19N5S. The molecule has 0 radical (unpaired) electrons. The lowest BCUT2D eigenvalue weighted by molar-refractivity contribution is 0.329. The largest absolute Gasteiger partial charge is 0.295 e. The van der Waals surface area contributed by atoms with E-state index in [1.54, 1.807) is 0 Å². The fourth-order valence-electron chi connectivity index (χ4n) is 4.52. The molecule has 0 amide bonds. The van der Waals surface area contributed by atoms with Crippen LogP contribution in [0, 0.1) is 16.6 Å². The number of hydrogen-bond donors (Lipinski definition) is 2. The van der Waals surface area contributed by atoms with Gasteiger partial charge >= 0.3 is 0 Å². The van der Waals surface area contributed by atoms with E-state index in [0.29, 0.717) is 6.04 Å². The molecule has 122 valence electrons. The van der Waals surface area contributed by atoms with Crippen LogP contribution >= 0.6 is 12.2 Å². The van der Waals surface area contributed by atoms with Crippen molar-refractivity contribution in [1.29, 1.82) is 0 Å². The van der Waals surface area contributed by atoms with Gasteiger partial charge in [0.2, 0.25) is 0 Å². The summed E-state index contributed by atoms with van der Waals surface area (Å²) in [5.74, 6) is 2.49. The second-order valence-electron chi connectivity index (χ2n) is 7.00. The number of H-pyrrole nitrogens is 2. The Kier molecular flexibility index (Phi) is 3.19. The van der Waals surface area contributed by atoms with Crippen molar-refractivity contribution in [2.24, 2.45) is 11.8 Å². The van der Waals surface area contributed by atoms with Crippen molar-refractivity contribution in [2.75, 3.05) is 0 Å². The number of nitrogens with zero attached hydrogens (tertiary/aromatic N) is 3. The maximum absolute atomic E-state index is 5.54. The lowest BCUT2D eigenvalue weighted by atomic mass is 9.95. The lowest BCUT2D eigenvalue weighted by Gasteiger charge is -2.23. The highest BCUT2D eigenvalue weighted by Crippen LogP contribution is 2.51. The highest BCUT2D eigenvalue weighted by Gasteiger charge is 2.41. The van der Waals surface area contributed by atoms with Crippen LogP contribution < -0.4 is 0 Å². The Morgan fingerprint density at radius 1 is 1.04 bits per heavy atom. The third-order valence-corrected chi connectivity index (χ3v) is 5.91. The molecule has 3 atom stereocenters. The predicted molar refractivity (Wildman–Crippen MR) is 94.9 cm³/mol. The Morgan fingerprint density at radius 3 is 2.67 bits per heavy atom. The molecule has 0 aliphatic heterocycles. The molecule has 24 heavy (non-hydrogen) atoms. The van der Waals surface area contributed by atoms with E-state index in [2.05, 4.69) is 43.2 Å². The summed E-state index contributed by atoms with van der Waals surface area (Å²) in [5.41, 5.74) is 2.95. The smallest absolute Gasteiger partial charge is 0.195 e. The Balaban J connectivity index is 1.54. The fourth-order valence-corrected chi connectivity index (χ4v) is 4.79. The number of aromatic amines is 2. The molecule has 0 spiro atoms. The van der Waals surface area contributed by atoms with Crippen LogP contribution in [0.15, 0.2) is 36.4 Å². The summed E-state index contributed by atoms with van der Waals surface area (Å²) in [7, 11) is 0. The first-order valence-electron chi connectivity index (χ1n) is 8.57. The molecule has 2 aliphatic carbocycles. The molecule has 2 fully saturated rings. The van der Waals surface area contributed by atoms with E-state index in [1.165, 1.54) is 25.7 Å². The zero-order valence-corrected chi connectivity index (χ0v) is 14.1. The molecule has 3 aromatic rings. The third kappa shape index (κ3) is 2.17. The van der Waals surface area contributed by atoms with Crippen molar-refractivity contribution in [1.82, 2.24) is 25.0 Å². The molecule has 2 bridgehead atoms. The van der Waals surface area contributed by atoms with Gasteiger partial charge in [0.15, 0.2) is 10.6 Å². The van der Waals surface area contributed by atoms with Gasteiger partial charge in [-0.25, -0.2) is 0 Å². The normalized spacial score (nSPS) is 25.4. The van der Waals surface area contributed by atoms with Crippen molar-refractivity contribution >= 4 is 12.2 Å². The van der Waals surface area contributed by atoms with Crippen LogP contribution in [0.3, 0.4) is 0 Å². The summed E-state index contributed by atoms with van der Waals surface area (Å²) >= 11 is 5.54. The first-order valence-corrected chi connectivity index (χ1v) is 8.98. The fraction of sp³-hybridized carbons (Fsp3) is 0.389. The molecule has 2 heterocycles. The first kappa shape index (κ1) is 14.2. The van der Waals surface area contributed by atoms with Crippen LogP contribution in [0.1, 0.15) is 31.7 Å². The SMILES string of the molecule is S=c1[nH]nc(-c2cc(-c3ccccc3)n[nH]2)n1[C@@H]1C[C@@H]2CC[C@@H]1C2. The summed E-state index contributed by atoms with van der Waals surface area (Å²) in [6.45, 7) is 0. The molecule has 2 aromatic heterocycles. The number of rotatable bonds is 3. The average molecular weight is 337 g/mol. The maximum atomic E-state index is 5.54. The third-order valence-electron chi connectivity index (χ3n) is 5.63. The van der Waals surface area contributed by atoms with Crippen LogP contribution in [0.25, 0.3) is 22.8 Å². The minimum absolute atomic E-state index is 0.480. The van der Waals surface area contributed by atoms with E-state index in [0.717, 1.165) is 39.4 Å². The molecule has 0 saturated heterocycles. The van der Waals surface area contributed by atoms with Crippen LogP contribution in [-0.2, 0) is 0 Å². The second-order valence-corrected chi connectivity index (χ2v) is 7.38. The van der Waals surface area contributed by atoms with Gasteiger partial charge in [-0.15, -0.1) is 0 Å². The molecule has 0 unspecified atom stereocenters. The summed E-state index contributed by atoms with van der Waals surface area (Å²) < 4.78 is 2.94. The molecule has 2 saturated carbocycles.